The molecule has 49 heteroatoms. The number of hydrogen-bond donors (Lipinski definition) is 8. The van der Waals surface area contributed by atoms with E-state index in [2.05, 4.69) is 107 Å². The third-order valence-corrected chi connectivity index (χ3v) is 20.2. The maximum atomic E-state index is 12.0. The van der Waals surface area contributed by atoms with Crippen molar-refractivity contribution in [2.24, 2.45) is 22.2 Å². The molecular weight excluding hydrogens is 1970 g/mol. The van der Waals surface area contributed by atoms with Crippen molar-refractivity contribution < 1.29 is 209 Å². The number of halogens is 2. The van der Waals surface area contributed by atoms with Gasteiger partial charge in [0, 0.05) is 109 Å². The monoisotopic (exact) mass is 2090 g/mol. The molecule has 6 aliphatic heterocycles. The number of aliphatic imine (C=N–C) groups is 1. The number of nitrogens with zero attached hydrogens (tertiary/aromatic N) is 19. The second kappa shape index (κ2) is 75.4. The van der Waals surface area contributed by atoms with Crippen LogP contribution in [0.5, 0.6) is 0 Å². The van der Waals surface area contributed by atoms with Crippen LogP contribution in [0.25, 0.3) is 53.3 Å². The second-order valence-electron chi connectivity index (χ2n) is 31.6. The third kappa shape index (κ3) is 56.3. The van der Waals surface area contributed by atoms with Gasteiger partial charge in [0.1, 0.15) is 71.3 Å². The molecule has 0 aliphatic carbocycles. The van der Waals surface area contributed by atoms with Crippen LogP contribution in [-0.4, -0.2) is 217 Å². The molecular formula is C95H126Cl2N25Na3O17PS-. The number of carbonyl (C=O) groups is 3. The second-order valence-corrected chi connectivity index (χ2v) is 33.8. The largest absolute Gasteiger partial charge is 1.00 e. The predicted molar refractivity (Wildman–Crippen MR) is 518 cm³/mol. The van der Waals surface area contributed by atoms with E-state index in [1.165, 1.54) is 0 Å². The first kappa shape index (κ1) is 146. The van der Waals surface area contributed by atoms with Crippen molar-refractivity contribution in [2.75, 3.05) is 119 Å². The zero-order chi connectivity index (χ0) is 106. The van der Waals surface area contributed by atoms with E-state index in [1.54, 1.807) is 86.2 Å². The molecule has 6 rings (SSSR count). The fourth-order valence-electron chi connectivity index (χ4n) is 12.9. The molecule has 0 bridgehead atoms. The number of phosphoric acid groups is 1. The summed E-state index contributed by atoms with van der Waals surface area (Å²) in [5.74, 6) is -2.68. The summed E-state index contributed by atoms with van der Waals surface area (Å²) in [4.78, 5) is 102. The number of carbonyl (C=O) groups excluding carboxylic acids is 3. The van der Waals surface area contributed by atoms with Crippen molar-refractivity contribution >= 4 is 47.9 Å². The van der Waals surface area contributed by atoms with E-state index in [0.717, 1.165) is 112 Å². The Balaban J connectivity index is -0.000000308. The average molecular weight is 2090 g/mol. The van der Waals surface area contributed by atoms with E-state index < -0.39 is 48.6 Å². The number of guanidine groups is 1. The van der Waals surface area contributed by atoms with Gasteiger partial charge in [0.25, 0.3) is 13.5 Å². The molecule has 0 aromatic rings. The van der Waals surface area contributed by atoms with Crippen molar-refractivity contribution in [1.82, 2.24) is 34.8 Å². The van der Waals surface area contributed by atoms with Crippen LogP contribution in [0.2, 0.25) is 0 Å². The minimum absolute atomic E-state index is 0. The van der Waals surface area contributed by atoms with Gasteiger partial charge >= 0.3 is 130 Å². The summed E-state index contributed by atoms with van der Waals surface area (Å²) in [6.07, 6.45) is 26.6. The molecule has 6 heterocycles. The first-order chi connectivity index (χ1) is 64.7. The Hall–Kier alpha value is -11.3. The SMILES string of the molecule is C.CC(C)([NH3+])CO.[C-]#[N+]/C(C(=O)OCC)=C1\C=C(C)N(CCOCCOP(=O)([O-])O)C(/C=C/C)=C1.[C-]#[N+]C([N+]#[C-])=C1C=C(C)N(CCCNC(CC(=O)[O-])C(=O)[O-])C(C)=C1.[C-]#[N+]C([N+]#[C-])=C1C=C(C)N(CCC[N+](C)(C)CCC[O-])C(C)=C1.[C-]#[N+]C([N+]#[C-])=C1C=C(C)N(CCN=C(C)N)C(C)=C1.[C-]#[N+]C([N+]#[C-])=C1C=C(C)N(CCOS(=O)(=O)[O-])C(C)=C1.[C-]#[N+]C([N+]#[C-])=C1C=C(C)N([NH+]=C(N)N)C(C)=C1.[Cl-].[Cl-].[Na+].[Na+].[Na+]. The number of amidine groups is 1. The molecule has 0 aromatic carbocycles. The van der Waals surface area contributed by atoms with Crippen molar-refractivity contribution in [3.63, 3.8) is 0 Å². The number of ether oxygens (including phenoxy) is 2. The minimum atomic E-state index is -4.74. The van der Waals surface area contributed by atoms with Crippen LogP contribution in [0.3, 0.4) is 0 Å². The zero-order valence-electron chi connectivity index (χ0n) is 84.9. The Labute approximate surface area is 927 Å². The van der Waals surface area contributed by atoms with Crippen molar-refractivity contribution in [3.8, 4) is 0 Å². The van der Waals surface area contributed by atoms with Crippen LogP contribution in [0.15, 0.2) is 227 Å². The van der Waals surface area contributed by atoms with Gasteiger partial charge in [-0.05, 0) is 215 Å². The number of nitrogens with two attached hydrogens (primary N) is 3. The summed E-state index contributed by atoms with van der Waals surface area (Å²) >= 11 is 0. The number of hydrogen-bond acceptors (Lipinski definition) is 24. The molecule has 42 nitrogen and oxygen atoms in total. The number of rotatable bonds is 34. The van der Waals surface area contributed by atoms with Crippen molar-refractivity contribution in [1.29, 1.82) is 0 Å². The Morgan fingerprint density at radius 1 is 0.569 bits per heavy atom. The number of nitrogens with one attached hydrogen (secondary N) is 2. The van der Waals surface area contributed by atoms with Gasteiger partial charge in [-0.15, -0.1) is 6.61 Å². The predicted octanol–water partition coefficient (Wildman–Crippen LogP) is -8.07. The van der Waals surface area contributed by atoms with Crippen LogP contribution in [0, 0.1) is 72.3 Å². The number of allylic oxidation sites excluding steroid dienone is 31. The molecule has 0 saturated carbocycles. The summed E-state index contributed by atoms with van der Waals surface area (Å²) in [5.41, 5.74) is 33.7. The molecule has 13 N–H and O–H groups in total. The van der Waals surface area contributed by atoms with Crippen molar-refractivity contribution in [3.05, 3.63) is 347 Å². The Morgan fingerprint density at radius 3 is 1.22 bits per heavy atom. The Bertz CT molecular complexity index is 5630. The first-order valence-electron chi connectivity index (χ1n) is 42.3. The van der Waals surface area contributed by atoms with Gasteiger partial charge in [0.2, 0.25) is 10.4 Å². The molecule has 2 unspecified atom stereocenters. The molecule has 0 amide bonds. The maximum absolute atomic E-state index is 12.0. The number of esters is 1. The van der Waals surface area contributed by atoms with Crippen LogP contribution in [-0.2, 0) is 47.5 Å². The van der Waals surface area contributed by atoms with E-state index in [-0.39, 0.29) is 220 Å². The van der Waals surface area contributed by atoms with E-state index in [1.807, 2.05) is 129 Å². The standard InChI is InChI=1S/C18H26N4O.C18H25N2O7P.C17H20N4O4.C14H17N5.C12H13N3O4S.C11H12N6.C4H11NO.CH4.2ClH.3Na/c1-15-13-17(18(19-3)20-4)14-16(2)21(15)9-7-10-22(5,6)11-8-12-23;1-5-7-16-13-15(17(19-4)18(21)26-6-2)12-14(3)20(16)8-9-25-10-11-27-28(22,23)24;1-11-8-13(16(18-3)19-4)9-12(2)21(11)7-5-6-20-14(17(24)25)10-15(22)23;1-10-8-13(14(16-4)17-5)9-11(2)19(10)7-6-18-12(3)15;1-9-7-11(12(13-3)14-4)8-10(2)15(9)5-6-19-20(16,17)18;1-7-5-9(10(14-3)15-4)6-8(2)17(7)16-11(12)13;1-4(2,5)3-6;;;;;;/h13-14H,7-12H2,1-2,5-6H3;5,7,12-13H,6,8-11H2,1-3H3,(H2,22,23,24);8-9,14,20H,5-7,10H2,1-2H3,(H,22,23)(H,24,25);8-9H,6-7H2,1-3H3,(H2,15,18);7-8H,5-6H2,1-2H3,(H,16,17,18);5-6H,1-2H3,(H4,12,13,16);6H,3,5H2,1-2H3;1H4;2*1H;;;/q;;;;;;;;;;3*+1/p-4/b;7-5+,17-15+;;;;;;;;;;;. The summed E-state index contributed by atoms with van der Waals surface area (Å²) < 4.78 is 61.0. The van der Waals surface area contributed by atoms with E-state index in [0.29, 0.717) is 71.9 Å². The molecule has 0 saturated heterocycles. The number of carboxylic acids is 2. The third-order valence-electron chi connectivity index (χ3n) is 19.2. The number of hydrazine groups is 1. The number of aliphatic hydroxyl groups excluding tert-OH is 1. The van der Waals surface area contributed by atoms with Crippen LogP contribution in [0.1, 0.15) is 144 Å². The van der Waals surface area contributed by atoms with Gasteiger partial charge in [-0.25, -0.2) is 18.3 Å². The molecule has 0 radical (unpaired) electrons. The molecule has 6 aliphatic rings. The van der Waals surface area contributed by atoms with Crippen LogP contribution >= 0.6 is 7.82 Å². The summed E-state index contributed by atoms with van der Waals surface area (Å²) in [7, 11) is -5.11. The molecule has 762 valence electrons. The fraction of sp³-hybridized carbons (Fsp3) is 0.432. The normalized spacial score (nSPS) is 14.7. The quantitative estimate of drug-likeness (QED) is 0.00253. The van der Waals surface area contributed by atoms with Crippen LogP contribution < -0.4 is 167 Å². The van der Waals surface area contributed by atoms with Gasteiger partial charge in [-0.3, -0.25) is 30.0 Å². The number of aliphatic hydroxyl groups is 1. The number of aliphatic carboxylic acids is 2. The zero-order valence-corrected chi connectivity index (χ0v) is 94.1. The average Bonchev–Trinajstić information content (AvgIpc) is 0.819. The van der Waals surface area contributed by atoms with Gasteiger partial charge in [0.05, 0.1) is 137 Å². The number of carboxylic acid groups (broad SMARTS) is 2. The van der Waals surface area contributed by atoms with Crippen molar-refractivity contribution in [2.45, 2.75) is 155 Å². The minimum Gasteiger partial charge on any atom is -1.00 e. The Morgan fingerprint density at radius 2 is 0.910 bits per heavy atom. The fourth-order valence-corrected chi connectivity index (χ4v) is 13.5. The topological polar surface area (TPSA) is 507 Å². The van der Waals surface area contributed by atoms with Gasteiger partial charge in [-0.2, -0.15) is 53.6 Å². The molecule has 0 aromatic heterocycles. The number of phosphoric ester groups is 1. The molecule has 2 atom stereocenters. The summed E-state index contributed by atoms with van der Waals surface area (Å²) in [5, 5.41) is 47.4. The maximum Gasteiger partial charge on any atom is 1.00 e. The molecule has 144 heavy (non-hydrogen) atoms. The number of hydrazone groups is 1. The van der Waals surface area contributed by atoms with Crippen LogP contribution in [0.4, 0.5) is 0 Å². The number of quaternary nitrogens is 2. The molecule has 0 fully saturated rings. The van der Waals surface area contributed by atoms with E-state index in [4.69, 9.17) is 109 Å². The van der Waals surface area contributed by atoms with E-state index in [9.17, 15) is 52.1 Å². The molecule has 0 spiro atoms. The summed E-state index contributed by atoms with van der Waals surface area (Å²) in [6, 6.07) is -1.28. The van der Waals surface area contributed by atoms with E-state index >= 15 is 0 Å². The van der Waals surface area contributed by atoms with Gasteiger partial charge < -0.3 is 129 Å². The van der Waals surface area contributed by atoms with Gasteiger partial charge in [0.15, 0.2) is 0 Å². The first-order valence-corrected chi connectivity index (χ1v) is 45.1. The summed E-state index contributed by atoms with van der Waals surface area (Å²) in [6.45, 7) is 113. The smallest absolute Gasteiger partial charge is 1.00 e. The van der Waals surface area contributed by atoms with Gasteiger partial charge in [-0.1, -0.05) is 13.5 Å². The Kier molecular flexibility index (Phi) is 76.3.